The van der Waals surface area contributed by atoms with Gasteiger partial charge >= 0.3 is 0 Å². The SMILES string of the molecule is CN(Cc1ccsc1)C1CCCc2ccccc21. The molecule has 1 aromatic carbocycles. The second kappa shape index (κ2) is 5.25. The molecule has 0 spiro atoms. The molecule has 2 aromatic rings. The lowest BCUT2D eigenvalue weighted by atomic mass is 9.87. The van der Waals surface area contributed by atoms with Crippen molar-refractivity contribution in [2.45, 2.75) is 31.8 Å². The second-order valence-electron chi connectivity index (χ2n) is 5.15. The largest absolute Gasteiger partial charge is 0.295 e. The molecule has 1 heterocycles. The van der Waals surface area contributed by atoms with Crippen molar-refractivity contribution in [1.29, 1.82) is 0 Å². The van der Waals surface area contributed by atoms with Gasteiger partial charge in [-0.1, -0.05) is 24.3 Å². The zero-order chi connectivity index (χ0) is 12.4. The molecule has 1 atom stereocenters. The van der Waals surface area contributed by atoms with E-state index in [1.807, 2.05) is 0 Å². The van der Waals surface area contributed by atoms with Crippen molar-refractivity contribution >= 4 is 11.3 Å². The molecular weight excluding hydrogens is 238 g/mol. The minimum absolute atomic E-state index is 0.592. The van der Waals surface area contributed by atoms with Crippen LogP contribution in [0.15, 0.2) is 41.1 Å². The molecule has 1 aromatic heterocycles. The molecule has 0 saturated heterocycles. The molecule has 1 unspecified atom stereocenters. The van der Waals surface area contributed by atoms with Gasteiger partial charge in [-0.25, -0.2) is 0 Å². The average molecular weight is 257 g/mol. The lowest BCUT2D eigenvalue weighted by Crippen LogP contribution is -2.27. The molecule has 1 aliphatic carbocycles. The molecule has 0 saturated carbocycles. The summed E-state index contributed by atoms with van der Waals surface area (Å²) >= 11 is 1.79. The van der Waals surface area contributed by atoms with Crippen LogP contribution >= 0.6 is 11.3 Å². The van der Waals surface area contributed by atoms with Gasteiger partial charge in [-0.3, -0.25) is 4.90 Å². The summed E-state index contributed by atoms with van der Waals surface area (Å²) in [6, 6.07) is 11.8. The van der Waals surface area contributed by atoms with E-state index >= 15 is 0 Å². The zero-order valence-electron chi connectivity index (χ0n) is 10.8. The quantitative estimate of drug-likeness (QED) is 0.794. The van der Waals surface area contributed by atoms with Crippen LogP contribution in [-0.2, 0) is 13.0 Å². The van der Waals surface area contributed by atoms with Gasteiger partial charge in [0.15, 0.2) is 0 Å². The molecule has 0 radical (unpaired) electrons. The van der Waals surface area contributed by atoms with Crippen LogP contribution in [0.5, 0.6) is 0 Å². The molecular formula is C16H19NS. The van der Waals surface area contributed by atoms with Crippen LogP contribution < -0.4 is 0 Å². The fourth-order valence-corrected chi connectivity index (χ4v) is 3.63. The van der Waals surface area contributed by atoms with Crippen molar-refractivity contribution < 1.29 is 0 Å². The van der Waals surface area contributed by atoms with Gasteiger partial charge in [0.05, 0.1) is 0 Å². The smallest absolute Gasteiger partial charge is 0.0351 e. The molecule has 94 valence electrons. The summed E-state index contributed by atoms with van der Waals surface area (Å²) < 4.78 is 0. The maximum atomic E-state index is 2.50. The van der Waals surface area contributed by atoms with Crippen molar-refractivity contribution in [3.63, 3.8) is 0 Å². The third kappa shape index (κ3) is 2.36. The van der Waals surface area contributed by atoms with Gasteiger partial charge in [-0.2, -0.15) is 11.3 Å². The highest BCUT2D eigenvalue weighted by Gasteiger charge is 2.23. The molecule has 0 amide bonds. The first-order valence-corrected chi connectivity index (χ1v) is 7.58. The Morgan fingerprint density at radius 2 is 2.17 bits per heavy atom. The van der Waals surface area contributed by atoms with Crippen molar-refractivity contribution in [1.82, 2.24) is 4.90 Å². The minimum atomic E-state index is 0.592. The lowest BCUT2D eigenvalue weighted by Gasteiger charge is -2.33. The Morgan fingerprint density at radius 1 is 1.28 bits per heavy atom. The van der Waals surface area contributed by atoms with Gasteiger partial charge in [-0.05, 0) is 59.8 Å². The van der Waals surface area contributed by atoms with Gasteiger partial charge in [0, 0.05) is 12.6 Å². The second-order valence-corrected chi connectivity index (χ2v) is 5.93. The molecule has 0 fully saturated rings. The number of rotatable bonds is 3. The van der Waals surface area contributed by atoms with E-state index in [9.17, 15) is 0 Å². The normalized spacial score (nSPS) is 18.9. The zero-order valence-corrected chi connectivity index (χ0v) is 11.6. The van der Waals surface area contributed by atoms with Crippen LogP contribution in [0.2, 0.25) is 0 Å². The minimum Gasteiger partial charge on any atom is -0.295 e. The first-order valence-electron chi connectivity index (χ1n) is 6.64. The van der Waals surface area contributed by atoms with Crippen LogP contribution in [-0.4, -0.2) is 11.9 Å². The standard InChI is InChI=1S/C16H19NS/c1-17(11-13-9-10-18-12-13)16-8-4-6-14-5-2-3-7-15(14)16/h2-3,5,7,9-10,12,16H,4,6,8,11H2,1H3. The summed E-state index contributed by atoms with van der Waals surface area (Å²) in [7, 11) is 2.25. The van der Waals surface area contributed by atoms with Gasteiger partial charge in [0.1, 0.15) is 0 Å². The Hall–Kier alpha value is -1.12. The Morgan fingerprint density at radius 3 is 3.00 bits per heavy atom. The Kier molecular flexibility index (Phi) is 3.48. The number of benzene rings is 1. The Labute approximate surface area is 113 Å². The van der Waals surface area contributed by atoms with E-state index < -0.39 is 0 Å². The molecule has 1 nitrogen and oxygen atoms in total. The summed E-state index contributed by atoms with van der Waals surface area (Å²) in [4.78, 5) is 2.50. The predicted molar refractivity (Wildman–Crippen MR) is 77.9 cm³/mol. The van der Waals surface area contributed by atoms with Crippen LogP contribution in [0.25, 0.3) is 0 Å². The molecule has 18 heavy (non-hydrogen) atoms. The van der Waals surface area contributed by atoms with E-state index in [2.05, 4.69) is 53.0 Å². The fourth-order valence-electron chi connectivity index (χ4n) is 2.97. The van der Waals surface area contributed by atoms with Gasteiger partial charge < -0.3 is 0 Å². The topological polar surface area (TPSA) is 3.24 Å². The van der Waals surface area contributed by atoms with E-state index in [1.54, 1.807) is 22.5 Å². The third-order valence-electron chi connectivity index (χ3n) is 3.88. The molecule has 0 N–H and O–H groups in total. The number of aryl methyl sites for hydroxylation is 1. The summed E-state index contributed by atoms with van der Waals surface area (Å²) in [5.41, 5.74) is 4.53. The van der Waals surface area contributed by atoms with Crippen LogP contribution in [0.3, 0.4) is 0 Å². The average Bonchev–Trinajstić information content (AvgIpc) is 2.91. The van der Waals surface area contributed by atoms with E-state index in [0.717, 1.165) is 6.54 Å². The van der Waals surface area contributed by atoms with Crippen molar-refractivity contribution in [3.8, 4) is 0 Å². The van der Waals surface area contributed by atoms with Gasteiger partial charge in [-0.15, -0.1) is 0 Å². The van der Waals surface area contributed by atoms with Crippen LogP contribution in [0.4, 0.5) is 0 Å². The number of nitrogens with zero attached hydrogens (tertiary/aromatic N) is 1. The van der Waals surface area contributed by atoms with Crippen LogP contribution in [0, 0.1) is 0 Å². The van der Waals surface area contributed by atoms with Crippen LogP contribution in [0.1, 0.15) is 35.6 Å². The van der Waals surface area contributed by atoms with Crippen molar-refractivity contribution in [2.24, 2.45) is 0 Å². The highest BCUT2D eigenvalue weighted by Crippen LogP contribution is 2.34. The van der Waals surface area contributed by atoms with Gasteiger partial charge in [0.25, 0.3) is 0 Å². The van der Waals surface area contributed by atoms with Crippen molar-refractivity contribution in [2.75, 3.05) is 7.05 Å². The summed E-state index contributed by atoms with van der Waals surface area (Å²) in [5, 5.41) is 4.42. The first-order chi connectivity index (χ1) is 8.84. The Bertz CT molecular complexity index is 504. The number of hydrogen-bond acceptors (Lipinski definition) is 2. The maximum absolute atomic E-state index is 2.50. The predicted octanol–water partition coefficient (Wildman–Crippen LogP) is 4.26. The fraction of sp³-hybridized carbons (Fsp3) is 0.375. The maximum Gasteiger partial charge on any atom is 0.0351 e. The van der Waals surface area contributed by atoms with Crippen molar-refractivity contribution in [3.05, 3.63) is 57.8 Å². The molecule has 3 rings (SSSR count). The highest BCUT2D eigenvalue weighted by molar-refractivity contribution is 7.07. The molecule has 1 aliphatic rings. The van der Waals surface area contributed by atoms with E-state index in [-0.39, 0.29) is 0 Å². The molecule has 0 bridgehead atoms. The summed E-state index contributed by atoms with van der Waals surface area (Å²) in [6.07, 6.45) is 3.85. The van der Waals surface area contributed by atoms with E-state index in [1.165, 1.54) is 24.8 Å². The number of hydrogen-bond donors (Lipinski definition) is 0. The highest BCUT2D eigenvalue weighted by atomic mass is 32.1. The lowest BCUT2D eigenvalue weighted by molar-refractivity contribution is 0.213. The third-order valence-corrected chi connectivity index (χ3v) is 4.61. The summed E-state index contributed by atoms with van der Waals surface area (Å²) in [6.45, 7) is 1.06. The van der Waals surface area contributed by atoms with E-state index in [0.29, 0.717) is 6.04 Å². The first kappa shape index (κ1) is 11.9. The summed E-state index contributed by atoms with van der Waals surface area (Å²) in [5.74, 6) is 0. The van der Waals surface area contributed by atoms with Gasteiger partial charge in [0.2, 0.25) is 0 Å². The Balaban J connectivity index is 1.80. The van der Waals surface area contributed by atoms with E-state index in [4.69, 9.17) is 0 Å². The molecule has 2 heteroatoms. The number of thiophene rings is 1. The monoisotopic (exact) mass is 257 g/mol. The number of fused-ring (bicyclic) bond motifs is 1. The molecule has 0 aliphatic heterocycles.